The fourth-order valence-electron chi connectivity index (χ4n) is 3.74. The molecule has 0 aliphatic carbocycles. The summed E-state index contributed by atoms with van der Waals surface area (Å²) in [5.41, 5.74) is 0.595. The first-order valence-electron chi connectivity index (χ1n) is 8.57. The number of likely N-dealkylation sites (N-methyl/N-ethyl adjacent to an activating group) is 1. The topological polar surface area (TPSA) is 42.0 Å². The Bertz CT molecular complexity index is 617. The zero-order valence-electron chi connectivity index (χ0n) is 14.5. The van der Waals surface area contributed by atoms with Gasteiger partial charge in [0.25, 0.3) is 5.91 Å². The Balaban J connectivity index is 1.82. The molecule has 5 heteroatoms. The van der Waals surface area contributed by atoms with Crippen LogP contribution in [0.1, 0.15) is 29.6 Å². The molecule has 0 unspecified atom stereocenters. The zero-order valence-corrected chi connectivity index (χ0v) is 14.5. The van der Waals surface area contributed by atoms with E-state index in [4.69, 9.17) is 9.47 Å². The van der Waals surface area contributed by atoms with Crippen molar-refractivity contribution < 1.29 is 14.3 Å². The van der Waals surface area contributed by atoms with E-state index < -0.39 is 0 Å². The second-order valence-corrected chi connectivity index (χ2v) is 6.55. The Morgan fingerprint density at radius 1 is 1.33 bits per heavy atom. The lowest BCUT2D eigenvalue weighted by atomic mass is 10.1. The summed E-state index contributed by atoms with van der Waals surface area (Å²) in [7, 11) is 3.79. The molecule has 2 atom stereocenters. The van der Waals surface area contributed by atoms with Gasteiger partial charge in [-0.2, -0.15) is 0 Å². The molecule has 0 spiro atoms. The van der Waals surface area contributed by atoms with Gasteiger partial charge in [0, 0.05) is 31.2 Å². The Labute approximate surface area is 143 Å². The van der Waals surface area contributed by atoms with Crippen molar-refractivity contribution in [2.45, 2.75) is 31.3 Å². The van der Waals surface area contributed by atoms with Crippen molar-refractivity contribution in [1.82, 2.24) is 9.80 Å². The second kappa shape index (κ2) is 7.26. The maximum Gasteiger partial charge on any atom is 0.257 e. The lowest BCUT2D eigenvalue weighted by Crippen LogP contribution is -2.39. The van der Waals surface area contributed by atoms with E-state index in [9.17, 15) is 4.79 Å². The number of ether oxygens (including phenoxy) is 2. The molecule has 2 heterocycles. The number of carbonyl (C=O) groups excluding carboxylic acids is 1. The van der Waals surface area contributed by atoms with Crippen molar-refractivity contribution in [2.75, 3.05) is 33.9 Å². The SMILES string of the molecule is C=CCOc1cc(OC)ccc1C(=O)N1CC[C@H]2CC[C@@H](C1)N2C. The molecule has 2 aliphatic heterocycles. The number of nitrogens with zero attached hydrogens (tertiary/aromatic N) is 2. The van der Waals surface area contributed by atoms with Crippen LogP contribution in [0, 0.1) is 0 Å². The van der Waals surface area contributed by atoms with Crippen molar-refractivity contribution >= 4 is 5.91 Å². The fourth-order valence-corrected chi connectivity index (χ4v) is 3.74. The van der Waals surface area contributed by atoms with E-state index in [2.05, 4.69) is 18.5 Å². The lowest BCUT2D eigenvalue weighted by Gasteiger charge is -2.26. The Morgan fingerprint density at radius 3 is 2.88 bits per heavy atom. The van der Waals surface area contributed by atoms with Gasteiger partial charge < -0.3 is 14.4 Å². The molecule has 2 saturated heterocycles. The van der Waals surface area contributed by atoms with E-state index in [1.54, 1.807) is 25.3 Å². The molecule has 3 rings (SSSR count). The minimum absolute atomic E-state index is 0.0395. The molecule has 5 nitrogen and oxygen atoms in total. The summed E-state index contributed by atoms with van der Waals surface area (Å²) >= 11 is 0. The Hall–Kier alpha value is -2.01. The van der Waals surface area contributed by atoms with Crippen LogP contribution < -0.4 is 9.47 Å². The maximum absolute atomic E-state index is 13.1. The van der Waals surface area contributed by atoms with Gasteiger partial charge in [0.1, 0.15) is 18.1 Å². The molecule has 2 bridgehead atoms. The Morgan fingerprint density at radius 2 is 2.12 bits per heavy atom. The zero-order chi connectivity index (χ0) is 17.1. The molecule has 1 aromatic carbocycles. The van der Waals surface area contributed by atoms with Crippen LogP contribution in [0.2, 0.25) is 0 Å². The predicted octanol–water partition coefficient (Wildman–Crippen LogP) is 2.57. The van der Waals surface area contributed by atoms with Crippen LogP contribution in [0.25, 0.3) is 0 Å². The first-order chi connectivity index (χ1) is 11.6. The molecule has 0 N–H and O–H groups in total. The molecule has 1 aromatic rings. The number of rotatable bonds is 5. The summed E-state index contributed by atoms with van der Waals surface area (Å²) in [6.07, 6.45) is 5.14. The van der Waals surface area contributed by atoms with Crippen LogP contribution in [-0.4, -0.2) is 61.6 Å². The first kappa shape index (κ1) is 16.8. The van der Waals surface area contributed by atoms with Gasteiger partial charge in [-0.15, -0.1) is 0 Å². The molecule has 2 fully saturated rings. The average Bonchev–Trinajstić information content (AvgIpc) is 2.84. The predicted molar refractivity (Wildman–Crippen MR) is 93.8 cm³/mol. The van der Waals surface area contributed by atoms with Gasteiger partial charge in [-0.25, -0.2) is 0 Å². The number of carbonyl (C=O) groups is 1. The molecular weight excluding hydrogens is 304 g/mol. The van der Waals surface area contributed by atoms with E-state index in [1.165, 1.54) is 12.8 Å². The third-order valence-electron chi connectivity index (χ3n) is 5.21. The molecule has 130 valence electrons. The van der Waals surface area contributed by atoms with Crippen LogP contribution >= 0.6 is 0 Å². The summed E-state index contributed by atoms with van der Waals surface area (Å²) in [5.74, 6) is 1.28. The number of benzene rings is 1. The largest absolute Gasteiger partial charge is 0.497 e. The Kier molecular flexibility index (Phi) is 5.09. The maximum atomic E-state index is 13.1. The van der Waals surface area contributed by atoms with E-state index in [1.807, 2.05) is 11.0 Å². The number of fused-ring (bicyclic) bond motifs is 2. The second-order valence-electron chi connectivity index (χ2n) is 6.55. The standard InChI is InChI=1S/C19H26N2O3/c1-4-11-24-18-12-16(23-3)7-8-17(18)19(22)21-10-9-14-5-6-15(13-21)20(14)2/h4,7-8,12,14-15H,1,5-6,9-11,13H2,2-3H3/t14-,15+/m1/s1. The molecule has 0 aromatic heterocycles. The number of methoxy groups -OCH3 is 1. The van der Waals surface area contributed by atoms with Crippen molar-refractivity contribution in [3.8, 4) is 11.5 Å². The highest BCUT2D eigenvalue weighted by Crippen LogP contribution is 2.31. The van der Waals surface area contributed by atoms with Crippen molar-refractivity contribution in [3.63, 3.8) is 0 Å². The van der Waals surface area contributed by atoms with Crippen LogP contribution in [0.5, 0.6) is 11.5 Å². The highest BCUT2D eigenvalue weighted by Gasteiger charge is 2.36. The smallest absolute Gasteiger partial charge is 0.257 e. The quantitative estimate of drug-likeness (QED) is 0.778. The molecule has 0 radical (unpaired) electrons. The van der Waals surface area contributed by atoms with Crippen molar-refractivity contribution in [1.29, 1.82) is 0 Å². The van der Waals surface area contributed by atoms with Crippen LogP contribution in [0.3, 0.4) is 0 Å². The summed E-state index contributed by atoms with van der Waals surface area (Å²) in [5, 5.41) is 0. The highest BCUT2D eigenvalue weighted by molar-refractivity contribution is 5.97. The van der Waals surface area contributed by atoms with Crippen molar-refractivity contribution in [2.24, 2.45) is 0 Å². The van der Waals surface area contributed by atoms with Crippen LogP contribution in [0.4, 0.5) is 0 Å². The molecule has 0 saturated carbocycles. The molecule has 24 heavy (non-hydrogen) atoms. The minimum Gasteiger partial charge on any atom is -0.497 e. The third-order valence-corrected chi connectivity index (χ3v) is 5.21. The van der Waals surface area contributed by atoms with Crippen molar-refractivity contribution in [3.05, 3.63) is 36.4 Å². The molecule has 1 amide bonds. The van der Waals surface area contributed by atoms with Crippen LogP contribution in [0.15, 0.2) is 30.9 Å². The van der Waals surface area contributed by atoms with E-state index in [-0.39, 0.29) is 5.91 Å². The van der Waals surface area contributed by atoms with E-state index in [0.29, 0.717) is 35.8 Å². The normalized spacial score (nSPS) is 23.7. The van der Waals surface area contributed by atoms with Gasteiger partial charge in [-0.1, -0.05) is 12.7 Å². The summed E-state index contributed by atoms with van der Waals surface area (Å²) < 4.78 is 11.0. The number of likely N-dealkylation sites (tertiary alicyclic amines) is 1. The van der Waals surface area contributed by atoms with Gasteiger partial charge in [0.15, 0.2) is 0 Å². The molecular formula is C19H26N2O3. The summed E-state index contributed by atoms with van der Waals surface area (Å²) in [6.45, 7) is 5.63. The van der Waals surface area contributed by atoms with Gasteiger partial charge in [-0.3, -0.25) is 9.69 Å². The number of amides is 1. The monoisotopic (exact) mass is 330 g/mol. The van der Waals surface area contributed by atoms with Gasteiger partial charge >= 0.3 is 0 Å². The number of hydrogen-bond acceptors (Lipinski definition) is 4. The van der Waals surface area contributed by atoms with Gasteiger partial charge in [0.05, 0.1) is 12.7 Å². The highest BCUT2D eigenvalue weighted by atomic mass is 16.5. The van der Waals surface area contributed by atoms with Gasteiger partial charge in [-0.05, 0) is 38.4 Å². The van der Waals surface area contributed by atoms with Gasteiger partial charge in [0.2, 0.25) is 0 Å². The van der Waals surface area contributed by atoms with E-state index in [0.717, 1.165) is 19.5 Å². The van der Waals surface area contributed by atoms with Crippen LogP contribution in [-0.2, 0) is 0 Å². The molecule has 2 aliphatic rings. The number of hydrogen-bond donors (Lipinski definition) is 0. The third kappa shape index (κ3) is 3.26. The summed E-state index contributed by atoms with van der Waals surface area (Å²) in [4.78, 5) is 17.5. The summed E-state index contributed by atoms with van der Waals surface area (Å²) in [6, 6.07) is 6.46. The minimum atomic E-state index is 0.0395. The average molecular weight is 330 g/mol. The lowest BCUT2D eigenvalue weighted by molar-refractivity contribution is 0.0736. The first-order valence-corrected chi connectivity index (χ1v) is 8.57. The fraction of sp³-hybridized carbons (Fsp3) is 0.526. The van der Waals surface area contributed by atoms with E-state index >= 15 is 0 Å².